The fourth-order valence-electron chi connectivity index (χ4n) is 2.14. The third-order valence-electron chi connectivity index (χ3n) is 3.10. The van der Waals surface area contributed by atoms with Crippen LogP contribution in [0.15, 0.2) is 53.0 Å². The van der Waals surface area contributed by atoms with Crippen LogP contribution >= 0.6 is 15.9 Å². The first-order valence-corrected chi connectivity index (χ1v) is 7.05. The Hall–Kier alpha value is -1.28. The number of aryl methyl sites for hydroxylation is 1. The first kappa shape index (κ1) is 13.2. The summed E-state index contributed by atoms with van der Waals surface area (Å²) in [5.41, 5.74) is 3.98. The lowest BCUT2D eigenvalue weighted by Gasteiger charge is -2.25. The predicted molar refractivity (Wildman–Crippen MR) is 82.0 cm³/mol. The molecule has 0 N–H and O–H groups in total. The fourth-order valence-corrected chi connectivity index (χ4v) is 2.59. The summed E-state index contributed by atoms with van der Waals surface area (Å²) < 4.78 is 1.14. The molecule has 0 aliphatic rings. The van der Waals surface area contributed by atoms with Crippen LogP contribution in [0.4, 0.5) is 5.69 Å². The first-order chi connectivity index (χ1) is 8.70. The average molecular weight is 304 g/mol. The molecule has 1 nitrogen and oxygen atoms in total. The maximum absolute atomic E-state index is 3.53. The van der Waals surface area contributed by atoms with E-state index in [-0.39, 0.29) is 0 Å². The molecule has 0 saturated carbocycles. The van der Waals surface area contributed by atoms with Crippen LogP contribution in [0.5, 0.6) is 0 Å². The molecule has 0 amide bonds. The summed E-state index contributed by atoms with van der Waals surface area (Å²) in [6, 6.07) is 17.1. The van der Waals surface area contributed by atoms with Gasteiger partial charge < -0.3 is 4.90 Å². The topological polar surface area (TPSA) is 3.24 Å². The lowest BCUT2D eigenvalue weighted by atomic mass is 10.1. The van der Waals surface area contributed by atoms with Crippen LogP contribution in [-0.4, -0.2) is 6.54 Å². The number of para-hydroxylation sites is 1. The third kappa shape index (κ3) is 3.14. The zero-order valence-corrected chi connectivity index (χ0v) is 12.4. The van der Waals surface area contributed by atoms with Gasteiger partial charge in [0.2, 0.25) is 0 Å². The average Bonchev–Trinajstić information content (AvgIpc) is 2.37. The molecule has 0 bridgehead atoms. The predicted octanol–water partition coefficient (Wildman–Crippen LogP) is 4.78. The van der Waals surface area contributed by atoms with Gasteiger partial charge in [0.25, 0.3) is 0 Å². The molecule has 2 aromatic rings. The van der Waals surface area contributed by atoms with Crippen LogP contribution in [0.2, 0.25) is 0 Å². The Morgan fingerprint density at radius 2 is 1.83 bits per heavy atom. The van der Waals surface area contributed by atoms with E-state index >= 15 is 0 Å². The molecule has 94 valence electrons. The van der Waals surface area contributed by atoms with Crippen LogP contribution < -0.4 is 4.90 Å². The van der Waals surface area contributed by atoms with Gasteiger partial charge in [-0.3, -0.25) is 0 Å². The summed E-state index contributed by atoms with van der Waals surface area (Å²) in [6.45, 7) is 6.32. The van der Waals surface area contributed by atoms with Crippen molar-refractivity contribution in [3.8, 4) is 0 Å². The monoisotopic (exact) mass is 303 g/mol. The van der Waals surface area contributed by atoms with Gasteiger partial charge in [-0.25, -0.2) is 0 Å². The molecule has 0 aliphatic carbocycles. The van der Waals surface area contributed by atoms with E-state index in [4.69, 9.17) is 0 Å². The van der Waals surface area contributed by atoms with E-state index in [1.165, 1.54) is 16.8 Å². The van der Waals surface area contributed by atoms with Crippen LogP contribution in [-0.2, 0) is 6.54 Å². The fraction of sp³-hybridized carbons (Fsp3) is 0.250. The van der Waals surface area contributed by atoms with Crippen molar-refractivity contribution in [2.24, 2.45) is 0 Å². The molecule has 0 spiro atoms. The number of hydrogen-bond donors (Lipinski definition) is 0. The Balaban J connectivity index is 2.23. The minimum atomic E-state index is 0.945. The van der Waals surface area contributed by atoms with E-state index in [2.05, 4.69) is 83.2 Å². The number of rotatable bonds is 4. The third-order valence-corrected chi connectivity index (χ3v) is 3.59. The quantitative estimate of drug-likeness (QED) is 0.785. The van der Waals surface area contributed by atoms with Gasteiger partial charge >= 0.3 is 0 Å². The molecule has 0 unspecified atom stereocenters. The Morgan fingerprint density at radius 3 is 2.50 bits per heavy atom. The van der Waals surface area contributed by atoms with Crippen molar-refractivity contribution in [2.45, 2.75) is 20.4 Å². The molecule has 0 fully saturated rings. The largest absolute Gasteiger partial charge is 0.367 e. The van der Waals surface area contributed by atoms with E-state index < -0.39 is 0 Å². The van der Waals surface area contributed by atoms with Crippen molar-refractivity contribution in [2.75, 3.05) is 11.4 Å². The Morgan fingerprint density at radius 1 is 1.06 bits per heavy atom. The molecule has 0 atom stereocenters. The summed E-state index contributed by atoms with van der Waals surface area (Å²) in [6.07, 6.45) is 0. The van der Waals surface area contributed by atoms with E-state index in [0.717, 1.165) is 17.6 Å². The summed E-state index contributed by atoms with van der Waals surface area (Å²) in [4.78, 5) is 2.40. The SMILES string of the molecule is CCN(Cc1cccc(Br)c1)c1ccccc1C. The first-order valence-electron chi connectivity index (χ1n) is 6.25. The van der Waals surface area contributed by atoms with Gasteiger partial charge in [0.15, 0.2) is 0 Å². The molecule has 2 rings (SSSR count). The van der Waals surface area contributed by atoms with Crippen LogP contribution in [0.25, 0.3) is 0 Å². The number of hydrogen-bond acceptors (Lipinski definition) is 1. The minimum Gasteiger partial charge on any atom is -0.367 e. The lowest BCUT2D eigenvalue weighted by molar-refractivity contribution is 0.827. The van der Waals surface area contributed by atoms with Crippen LogP contribution in [0.3, 0.4) is 0 Å². The Labute approximate surface area is 118 Å². The van der Waals surface area contributed by atoms with E-state index in [0.29, 0.717) is 0 Å². The summed E-state index contributed by atoms with van der Waals surface area (Å²) in [5, 5.41) is 0. The highest BCUT2D eigenvalue weighted by atomic mass is 79.9. The minimum absolute atomic E-state index is 0.945. The van der Waals surface area contributed by atoms with Crippen molar-refractivity contribution in [1.82, 2.24) is 0 Å². The number of anilines is 1. The van der Waals surface area contributed by atoms with E-state index in [1.807, 2.05) is 0 Å². The highest BCUT2D eigenvalue weighted by molar-refractivity contribution is 9.10. The molecule has 0 aliphatic heterocycles. The molecule has 2 heteroatoms. The summed E-state index contributed by atoms with van der Waals surface area (Å²) in [7, 11) is 0. The molecule has 0 saturated heterocycles. The number of nitrogens with zero attached hydrogens (tertiary/aromatic N) is 1. The molecular formula is C16H18BrN. The van der Waals surface area contributed by atoms with E-state index in [9.17, 15) is 0 Å². The molecule has 0 radical (unpaired) electrons. The Kier molecular flexibility index (Phi) is 4.43. The highest BCUT2D eigenvalue weighted by Gasteiger charge is 2.07. The molecule has 0 heterocycles. The number of halogens is 1. The standard InChI is InChI=1S/C16H18BrN/c1-3-18(16-10-5-4-7-13(16)2)12-14-8-6-9-15(17)11-14/h4-11H,3,12H2,1-2H3. The van der Waals surface area contributed by atoms with Crippen molar-refractivity contribution in [3.05, 3.63) is 64.1 Å². The normalized spacial score (nSPS) is 10.4. The van der Waals surface area contributed by atoms with Gasteiger partial charge in [0.05, 0.1) is 0 Å². The zero-order valence-electron chi connectivity index (χ0n) is 10.9. The van der Waals surface area contributed by atoms with Crippen molar-refractivity contribution in [1.29, 1.82) is 0 Å². The van der Waals surface area contributed by atoms with Gasteiger partial charge in [-0.1, -0.05) is 46.3 Å². The lowest BCUT2D eigenvalue weighted by Crippen LogP contribution is -2.22. The van der Waals surface area contributed by atoms with Gasteiger partial charge in [-0.15, -0.1) is 0 Å². The molecular weight excluding hydrogens is 286 g/mol. The van der Waals surface area contributed by atoms with E-state index in [1.54, 1.807) is 0 Å². The smallest absolute Gasteiger partial charge is 0.0429 e. The number of benzene rings is 2. The van der Waals surface area contributed by atoms with Gasteiger partial charge in [0, 0.05) is 23.2 Å². The van der Waals surface area contributed by atoms with Crippen molar-refractivity contribution < 1.29 is 0 Å². The second-order valence-corrected chi connectivity index (χ2v) is 5.35. The van der Waals surface area contributed by atoms with Crippen molar-refractivity contribution >= 4 is 21.6 Å². The second kappa shape index (κ2) is 6.05. The highest BCUT2D eigenvalue weighted by Crippen LogP contribution is 2.22. The van der Waals surface area contributed by atoms with Gasteiger partial charge in [-0.2, -0.15) is 0 Å². The second-order valence-electron chi connectivity index (χ2n) is 4.43. The maximum atomic E-state index is 3.53. The van der Waals surface area contributed by atoms with Gasteiger partial charge in [0.1, 0.15) is 0 Å². The van der Waals surface area contributed by atoms with Crippen LogP contribution in [0, 0.1) is 6.92 Å². The Bertz CT molecular complexity index is 522. The molecule has 2 aromatic carbocycles. The maximum Gasteiger partial charge on any atom is 0.0429 e. The molecule has 18 heavy (non-hydrogen) atoms. The van der Waals surface area contributed by atoms with Crippen LogP contribution in [0.1, 0.15) is 18.1 Å². The van der Waals surface area contributed by atoms with Gasteiger partial charge in [-0.05, 0) is 43.2 Å². The zero-order chi connectivity index (χ0) is 13.0. The summed E-state index contributed by atoms with van der Waals surface area (Å²) in [5.74, 6) is 0. The summed E-state index contributed by atoms with van der Waals surface area (Å²) >= 11 is 3.53. The molecule has 0 aromatic heterocycles. The van der Waals surface area contributed by atoms with Crippen molar-refractivity contribution in [3.63, 3.8) is 0 Å².